The Bertz CT molecular complexity index is 401. The van der Waals surface area contributed by atoms with Crippen molar-refractivity contribution in [3.05, 3.63) is 29.6 Å². The molecule has 1 rings (SSSR count). The first-order chi connectivity index (χ1) is 8.40. The number of carbonyl (C=O) groups excluding carboxylic acids is 1. The number of nitrogens with zero attached hydrogens (tertiary/aromatic N) is 1. The van der Waals surface area contributed by atoms with E-state index in [1.807, 2.05) is 13.8 Å². The molecule has 0 radical (unpaired) electrons. The Morgan fingerprint density at radius 2 is 2.11 bits per heavy atom. The number of rotatable bonds is 5. The molecule has 18 heavy (non-hydrogen) atoms. The predicted molar refractivity (Wildman–Crippen MR) is 68.9 cm³/mol. The van der Waals surface area contributed by atoms with Gasteiger partial charge in [0, 0.05) is 24.8 Å². The average molecular weight is 254 g/mol. The van der Waals surface area contributed by atoms with Gasteiger partial charge >= 0.3 is 0 Å². The number of anilines is 1. The van der Waals surface area contributed by atoms with Crippen molar-refractivity contribution in [3.8, 4) is 0 Å². The van der Waals surface area contributed by atoms with Crippen LogP contribution in [0.25, 0.3) is 0 Å². The molecule has 0 aromatic heterocycles. The maximum absolute atomic E-state index is 13.1. The first-order valence-corrected chi connectivity index (χ1v) is 5.83. The molecule has 5 heteroatoms. The highest BCUT2D eigenvalue weighted by molar-refractivity contribution is 5.94. The van der Waals surface area contributed by atoms with Gasteiger partial charge < -0.3 is 15.4 Å². The Kier molecular flexibility index (Phi) is 5.09. The number of nitrogens with two attached hydrogens (primary N) is 1. The molecule has 0 fully saturated rings. The van der Waals surface area contributed by atoms with Gasteiger partial charge in [0.15, 0.2) is 0 Å². The van der Waals surface area contributed by atoms with Gasteiger partial charge in [0.05, 0.1) is 12.7 Å². The number of hydrogen-bond donors (Lipinski definition) is 1. The zero-order chi connectivity index (χ0) is 13.7. The number of halogens is 1. The van der Waals surface area contributed by atoms with E-state index in [0.717, 1.165) is 0 Å². The summed E-state index contributed by atoms with van der Waals surface area (Å²) in [7, 11) is 1.65. The van der Waals surface area contributed by atoms with Gasteiger partial charge in [-0.15, -0.1) is 0 Å². The second-order valence-electron chi connectivity index (χ2n) is 4.42. The minimum atomic E-state index is -0.509. The molecular formula is C13H19FN2O2. The molecule has 0 heterocycles. The summed E-state index contributed by atoms with van der Waals surface area (Å²) in [5, 5.41) is 0. The Morgan fingerprint density at radius 1 is 1.44 bits per heavy atom. The fourth-order valence-corrected chi connectivity index (χ4v) is 1.48. The standard InChI is InChI=1S/C13H19FN2O2/c1-9(2)18-5-4-16(3)13(17)10-6-11(14)8-12(15)7-10/h6-9H,4-5,15H2,1-3H3. The zero-order valence-electron chi connectivity index (χ0n) is 10.9. The van der Waals surface area contributed by atoms with Crippen LogP contribution in [0.1, 0.15) is 24.2 Å². The molecule has 0 aliphatic heterocycles. The number of amides is 1. The molecule has 0 aliphatic rings. The molecular weight excluding hydrogens is 235 g/mol. The number of carbonyl (C=O) groups is 1. The number of nitrogen functional groups attached to an aromatic ring is 1. The van der Waals surface area contributed by atoms with E-state index < -0.39 is 5.82 Å². The second-order valence-corrected chi connectivity index (χ2v) is 4.42. The molecule has 0 spiro atoms. The largest absolute Gasteiger partial charge is 0.399 e. The summed E-state index contributed by atoms with van der Waals surface area (Å²) < 4.78 is 18.5. The van der Waals surface area contributed by atoms with E-state index >= 15 is 0 Å². The molecule has 1 aromatic carbocycles. The van der Waals surface area contributed by atoms with E-state index in [1.54, 1.807) is 7.05 Å². The van der Waals surface area contributed by atoms with Crippen LogP contribution in [0.15, 0.2) is 18.2 Å². The molecule has 0 saturated heterocycles. The van der Waals surface area contributed by atoms with Crippen LogP contribution in [0, 0.1) is 5.82 Å². The van der Waals surface area contributed by atoms with E-state index in [-0.39, 0.29) is 23.3 Å². The number of benzene rings is 1. The Labute approximate surface area is 107 Å². The maximum atomic E-state index is 13.1. The monoisotopic (exact) mass is 254 g/mol. The Hall–Kier alpha value is -1.62. The van der Waals surface area contributed by atoms with Gasteiger partial charge in [-0.1, -0.05) is 0 Å². The van der Waals surface area contributed by atoms with Crippen molar-refractivity contribution in [1.29, 1.82) is 0 Å². The summed E-state index contributed by atoms with van der Waals surface area (Å²) in [5.41, 5.74) is 5.99. The second kappa shape index (κ2) is 6.35. The van der Waals surface area contributed by atoms with Crippen molar-refractivity contribution in [3.63, 3.8) is 0 Å². The number of ether oxygens (including phenoxy) is 1. The third-order valence-electron chi connectivity index (χ3n) is 2.39. The van der Waals surface area contributed by atoms with Crippen molar-refractivity contribution in [2.45, 2.75) is 20.0 Å². The van der Waals surface area contributed by atoms with Crippen molar-refractivity contribution in [2.75, 3.05) is 25.9 Å². The summed E-state index contributed by atoms with van der Waals surface area (Å²) in [5.74, 6) is -0.779. The molecule has 0 bridgehead atoms. The number of likely N-dealkylation sites (N-methyl/N-ethyl adjacent to an activating group) is 1. The van der Waals surface area contributed by atoms with Crippen LogP contribution in [0.2, 0.25) is 0 Å². The van der Waals surface area contributed by atoms with E-state index in [9.17, 15) is 9.18 Å². The molecule has 0 unspecified atom stereocenters. The van der Waals surface area contributed by atoms with Gasteiger partial charge in [0.1, 0.15) is 5.82 Å². The summed E-state index contributed by atoms with van der Waals surface area (Å²) in [6.07, 6.45) is 0.123. The van der Waals surface area contributed by atoms with Gasteiger partial charge in [-0.05, 0) is 32.0 Å². The van der Waals surface area contributed by atoms with Crippen molar-refractivity contribution in [1.82, 2.24) is 4.90 Å². The fraction of sp³-hybridized carbons (Fsp3) is 0.462. The molecule has 2 N–H and O–H groups in total. The van der Waals surface area contributed by atoms with Crippen LogP contribution >= 0.6 is 0 Å². The summed E-state index contributed by atoms with van der Waals surface area (Å²) in [4.78, 5) is 13.5. The Morgan fingerprint density at radius 3 is 2.67 bits per heavy atom. The third kappa shape index (κ3) is 4.33. The van der Waals surface area contributed by atoms with E-state index in [2.05, 4.69) is 0 Å². The van der Waals surface area contributed by atoms with E-state index in [4.69, 9.17) is 10.5 Å². The average Bonchev–Trinajstić information content (AvgIpc) is 2.26. The topological polar surface area (TPSA) is 55.6 Å². The zero-order valence-corrected chi connectivity index (χ0v) is 10.9. The fourth-order valence-electron chi connectivity index (χ4n) is 1.48. The molecule has 100 valence electrons. The molecule has 0 saturated carbocycles. The minimum absolute atomic E-state index is 0.123. The summed E-state index contributed by atoms with van der Waals surface area (Å²) in [6, 6.07) is 3.82. The summed E-state index contributed by atoms with van der Waals surface area (Å²) >= 11 is 0. The van der Waals surface area contributed by atoms with Crippen LogP contribution in [0.5, 0.6) is 0 Å². The van der Waals surface area contributed by atoms with Crippen LogP contribution in [-0.2, 0) is 4.74 Å². The van der Waals surface area contributed by atoms with E-state index in [1.165, 1.54) is 23.1 Å². The predicted octanol–water partition coefficient (Wildman–Crippen LogP) is 1.90. The highest BCUT2D eigenvalue weighted by Gasteiger charge is 2.13. The highest BCUT2D eigenvalue weighted by Crippen LogP contribution is 2.12. The van der Waals surface area contributed by atoms with Crippen LogP contribution in [0.4, 0.5) is 10.1 Å². The van der Waals surface area contributed by atoms with Gasteiger partial charge in [-0.3, -0.25) is 4.79 Å². The van der Waals surface area contributed by atoms with Crippen molar-refractivity contribution >= 4 is 11.6 Å². The molecule has 1 amide bonds. The lowest BCUT2D eigenvalue weighted by Gasteiger charge is -2.18. The SMILES string of the molecule is CC(C)OCCN(C)C(=O)c1cc(N)cc(F)c1. The lowest BCUT2D eigenvalue weighted by molar-refractivity contribution is 0.0532. The van der Waals surface area contributed by atoms with Crippen LogP contribution in [0.3, 0.4) is 0 Å². The lowest BCUT2D eigenvalue weighted by atomic mass is 10.1. The van der Waals surface area contributed by atoms with Gasteiger partial charge in [-0.25, -0.2) is 4.39 Å². The Balaban J connectivity index is 2.62. The lowest BCUT2D eigenvalue weighted by Crippen LogP contribution is -2.30. The smallest absolute Gasteiger partial charge is 0.253 e. The summed E-state index contributed by atoms with van der Waals surface area (Å²) in [6.45, 7) is 4.75. The van der Waals surface area contributed by atoms with Crippen molar-refractivity contribution < 1.29 is 13.9 Å². The van der Waals surface area contributed by atoms with Crippen molar-refractivity contribution in [2.24, 2.45) is 0 Å². The normalized spacial score (nSPS) is 10.7. The van der Waals surface area contributed by atoms with E-state index in [0.29, 0.717) is 13.2 Å². The molecule has 0 aliphatic carbocycles. The third-order valence-corrected chi connectivity index (χ3v) is 2.39. The van der Waals surface area contributed by atoms with Gasteiger partial charge in [-0.2, -0.15) is 0 Å². The molecule has 4 nitrogen and oxygen atoms in total. The maximum Gasteiger partial charge on any atom is 0.253 e. The first-order valence-electron chi connectivity index (χ1n) is 5.83. The molecule has 1 aromatic rings. The van der Waals surface area contributed by atoms with Crippen LogP contribution < -0.4 is 5.73 Å². The number of hydrogen-bond acceptors (Lipinski definition) is 3. The molecule has 0 atom stereocenters. The first kappa shape index (κ1) is 14.4. The van der Waals surface area contributed by atoms with Gasteiger partial charge in [0.25, 0.3) is 5.91 Å². The highest BCUT2D eigenvalue weighted by atomic mass is 19.1. The van der Waals surface area contributed by atoms with Crippen LogP contribution in [-0.4, -0.2) is 37.1 Å². The quantitative estimate of drug-likeness (QED) is 0.816. The van der Waals surface area contributed by atoms with Gasteiger partial charge in [0.2, 0.25) is 0 Å². The minimum Gasteiger partial charge on any atom is -0.399 e.